The van der Waals surface area contributed by atoms with Crippen LogP contribution >= 0.6 is 0 Å². The van der Waals surface area contributed by atoms with Gasteiger partial charge in [0.2, 0.25) is 0 Å². The molecule has 0 bridgehead atoms. The number of allylic oxidation sites excluding steroid dienone is 2. The average Bonchev–Trinajstić information content (AvgIpc) is 1.86. The molecule has 12 heavy (non-hydrogen) atoms. The maximum atomic E-state index is 9.32. The molecule has 2 heteroatoms. The van der Waals surface area contributed by atoms with Crippen LogP contribution in [0.4, 0.5) is 0 Å². The van der Waals surface area contributed by atoms with E-state index in [2.05, 4.69) is 13.2 Å². The lowest BCUT2D eigenvalue weighted by atomic mass is 9.66. The van der Waals surface area contributed by atoms with Crippen molar-refractivity contribution in [2.45, 2.75) is 27.7 Å². The smallest absolute Gasteiger partial charge is 0.0917 e. The van der Waals surface area contributed by atoms with Gasteiger partial charge in [0.1, 0.15) is 0 Å². The summed E-state index contributed by atoms with van der Waals surface area (Å²) in [6, 6.07) is 0. The Balaban J connectivity index is 5.01. The molecular weight excluding hydrogens is 152 g/mol. The normalized spacial score (nSPS) is 12.7. The molecule has 0 unspecified atom stereocenters. The first-order valence-electron chi connectivity index (χ1n) is 3.90. The molecule has 0 aromatic rings. The van der Waals surface area contributed by atoms with Crippen molar-refractivity contribution in [1.82, 2.24) is 0 Å². The summed E-state index contributed by atoms with van der Waals surface area (Å²) in [5.41, 5.74) is -1.14. The van der Waals surface area contributed by atoms with Gasteiger partial charge in [0, 0.05) is 10.8 Å². The molecule has 0 amide bonds. The summed E-state index contributed by atoms with van der Waals surface area (Å²) in [6.07, 6.45) is 0. The molecule has 0 heterocycles. The average molecular weight is 170 g/mol. The molecule has 0 radical (unpaired) electrons. The van der Waals surface area contributed by atoms with Crippen LogP contribution in [0.1, 0.15) is 27.7 Å². The summed E-state index contributed by atoms with van der Waals surface area (Å²) in [4.78, 5) is 0. The summed E-state index contributed by atoms with van der Waals surface area (Å²) >= 11 is 0. The zero-order chi connectivity index (χ0) is 10.2. The molecular formula is C10H18O2. The highest BCUT2D eigenvalue weighted by atomic mass is 16.3. The molecule has 0 fully saturated rings. The van der Waals surface area contributed by atoms with Gasteiger partial charge in [0.25, 0.3) is 0 Å². The topological polar surface area (TPSA) is 40.5 Å². The van der Waals surface area contributed by atoms with E-state index < -0.39 is 10.8 Å². The van der Waals surface area contributed by atoms with Gasteiger partial charge in [0.15, 0.2) is 0 Å². The molecule has 70 valence electrons. The van der Waals surface area contributed by atoms with Gasteiger partial charge in [-0.3, -0.25) is 0 Å². The zero-order valence-electron chi connectivity index (χ0n) is 8.31. The second kappa shape index (κ2) is 2.85. The highest BCUT2D eigenvalue weighted by molar-refractivity contribution is 5.13. The standard InChI is InChI=1S/C10H18O2/c1-7(11)9(3,4)10(5,6)8(2)12/h11-12H,1-2H2,3-6H3. The van der Waals surface area contributed by atoms with Gasteiger partial charge < -0.3 is 10.2 Å². The molecule has 2 N–H and O–H groups in total. The lowest BCUT2D eigenvalue weighted by molar-refractivity contribution is 0.0873. The van der Waals surface area contributed by atoms with Crippen molar-refractivity contribution in [1.29, 1.82) is 0 Å². The molecule has 0 aliphatic carbocycles. The third kappa shape index (κ3) is 1.47. The molecule has 0 aliphatic heterocycles. The van der Waals surface area contributed by atoms with Gasteiger partial charge in [-0.2, -0.15) is 0 Å². The van der Waals surface area contributed by atoms with Crippen molar-refractivity contribution < 1.29 is 10.2 Å². The van der Waals surface area contributed by atoms with Crippen molar-refractivity contribution in [2.75, 3.05) is 0 Å². The number of hydrogen-bond donors (Lipinski definition) is 2. The summed E-state index contributed by atoms with van der Waals surface area (Å²) in [5, 5.41) is 18.6. The van der Waals surface area contributed by atoms with Crippen LogP contribution in [0.2, 0.25) is 0 Å². The Bertz CT molecular complexity index is 188. The first kappa shape index (κ1) is 11.1. The second-order valence-electron chi connectivity index (χ2n) is 4.14. The number of hydrogen-bond acceptors (Lipinski definition) is 2. The predicted octanol–water partition coefficient (Wildman–Crippen LogP) is 3.18. The Morgan fingerprint density at radius 1 is 0.833 bits per heavy atom. The predicted molar refractivity (Wildman–Crippen MR) is 51.1 cm³/mol. The maximum Gasteiger partial charge on any atom is 0.0917 e. The van der Waals surface area contributed by atoms with Crippen molar-refractivity contribution >= 4 is 0 Å². The van der Waals surface area contributed by atoms with Crippen LogP contribution in [0, 0.1) is 10.8 Å². The zero-order valence-corrected chi connectivity index (χ0v) is 8.31. The Kier molecular flexibility index (Phi) is 2.63. The van der Waals surface area contributed by atoms with Gasteiger partial charge in [0.05, 0.1) is 11.5 Å². The van der Waals surface area contributed by atoms with E-state index in [0.717, 1.165) is 0 Å². The molecule has 0 atom stereocenters. The van der Waals surface area contributed by atoms with E-state index in [4.69, 9.17) is 0 Å². The molecule has 0 aromatic carbocycles. The third-order valence-corrected chi connectivity index (χ3v) is 3.01. The minimum absolute atomic E-state index is 0.0581. The fraction of sp³-hybridized carbons (Fsp3) is 0.600. The number of aliphatic hydroxyl groups excluding tert-OH is 2. The monoisotopic (exact) mass is 170 g/mol. The van der Waals surface area contributed by atoms with Crippen LogP contribution in [0.3, 0.4) is 0 Å². The fourth-order valence-electron chi connectivity index (χ4n) is 0.721. The van der Waals surface area contributed by atoms with Crippen LogP contribution in [-0.2, 0) is 0 Å². The maximum absolute atomic E-state index is 9.32. The van der Waals surface area contributed by atoms with Crippen LogP contribution in [0.5, 0.6) is 0 Å². The van der Waals surface area contributed by atoms with E-state index in [-0.39, 0.29) is 11.5 Å². The van der Waals surface area contributed by atoms with E-state index in [0.29, 0.717) is 0 Å². The van der Waals surface area contributed by atoms with Crippen molar-refractivity contribution in [3.8, 4) is 0 Å². The molecule has 0 aromatic heterocycles. The van der Waals surface area contributed by atoms with Crippen molar-refractivity contribution in [3.63, 3.8) is 0 Å². The van der Waals surface area contributed by atoms with Gasteiger partial charge in [-0.1, -0.05) is 40.9 Å². The lowest BCUT2D eigenvalue weighted by Gasteiger charge is -2.39. The number of rotatable bonds is 3. The van der Waals surface area contributed by atoms with E-state index in [1.807, 2.05) is 27.7 Å². The van der Waals surface area contributed by atoms with Crippen LogP contribution in [0.15, 0.2) is 24.7 Å². The highest BCUT2D eigenvalue weighted by Crippen LogP contribution is 2.46. The molecule has 0 rings (SSSR count). The van der Waals surface area contributed by atoms with Crippen molar-refractivity contribution in [2.24, 2.45) is 10.8 Å². The molecule has 0 aliphatic rings. The summed E-state index contributed by atoms with van der Waals surface area (Å²) in [7, 11) is 0. The lowest BCUT2D eigenvalue weighted by Crippen LogP contribution is -2.35. The van der Waals surface area contributed by atoms with E-state index in [9.17, 15) is 10.2 Å². The van der Waals surface area contributed by atoms with E-state index in [1.54, 1.807) is 0 Å². The Morgan fingerprint density at radius 3 is 1.08 bits per heavy atom. The quantitative estimate of drug-likeness (QED) is 0.638. The van der Waals surface area contributed by atoms with E-state index >= 15 is 0 Å². The first-order valence-corrected chi connectivity index (χ1v) is 3.90. The van der Waals surface area contributed by atoms with Gasteiger partial charge >= 0.3 is 0 Å². The Hall–Kier alpha value is -0.920. The highest BCUT2D eigenvalue weighted by Gasteiger charge is 2.42. The van der Waals surface area contributed by atoms with Gasteiger partial charge in [-0.05, 0) is 0 Å². The van der Waals surface area contributed by atoms with Gasteiger partial charge in [-0.25, -0.2) is 0 Å². The Labute approximate surface area is 74.2 Å². The third-order valence-electron chi connectivity index (χ3n) is 3.01. The van der Waals surface area contributed by atoms with Crippen molar-refractivity contribution in [3.05, 3.63) is 24.7 Å². The summed E-state index contributed by atoms with van der Waals surface area (Å²) < 4.78 is 0. The summed E-state index contributed by atoms with van der Waals surface area (Å²) in [6.45, 7) is 14.2. The van der Waals surface area contributed by atoms with E-state index in [1.165, 1.54) is 0 Å². The molecule has 0 saturated carbocycles. The largest absolute Gasteiger partial charge is 0.512 e. The SMILES string of the molecule is C=C(O)C(C)(C)C(C)(C)C(=C)O. The molecule has 0 spiro atoms. The molecule has 2 nitrogen and oxygen atoms in total. The van der Waals surface area contributed by atoms with Crippen LogP contribution in [0.25, 0.3) is 0 Å². The summed E-state index contributed by atoms with van der Waals surface area (Å²) in [5.74, 6) is 0.116. The van der Waals surface area contributed by atoms with Gasteiger partial charge in [-0.15, -0.1) is 0 Å². The second-order valence-corrected chi connectivity index (χ2v) is 4.14. The molecule has 0 saturated heterocycles. The fourth-order valence-corrected chi connectivity index (χ4v) is 0.721. The van der Waals surface area contributed by atoms with Crippen LogP contribution < -0.4 is 0 Å². The Morgan fingerprint density at radius 2 is 1.00 bits per heavy atom. The first-order chi connectivity index (χ1) is 5.14. The minimum atomic E-state index is -0.571. The number of aliphatic hydroxyl groups is 2. The minimum Gasteiger partial charge on any atom is -0.512 e. The van der Waals surface area contributed by atoms with Crippen LogP contribution in [-0.4, -0.2) is 10.2 Å².